The van der Waals surface area contributed by atoms with Crippen LogP contribution >= 0.6 is 15.9 Å². The zero-order valence-corrected chi connectivity index (χ0v) is 16.4. The number of urea groups is 1. The van der Waals surface area contributed by atoms with E-state index in [0.717, 1.165) is 36.3 Å². The number of hydrogen-bond acceptors (Lipinski definition) is 3. The van der Waals surface area contributed by atoms with Crippen molar-refractivity contribution in [1.29, 1.82) is 0 Å². The number of morpholine rings is 1. The number of nitrogens with zero attached hydrogens (tertiary/aromatic N) is 2. The van der Waals surface area contributed by atoms with Crippen LogP contribution in [0.3, 0.4) is 0 Å². The van der Waals surface area contributed by atoms with Crippen molar-refractivity contribution in [3.63, 3.8) is 0 Å². The van der Waals surface area contributed by atoms with Crippen LogP contribution in [0.5, 0.6) is 0 Å². The normalized spacial score (nSPS) is 16.9. The Balaban J connectivity index is 1.84. The van der Waals surface area contributed by atoms with Crippen molar-refractivity contribution in [2.75, 3.05) is 39.9 Å². The van der Waals surface area contributed by atoms with Crippen LogP contribution in [0.4, 0.5) is 4.79 Å². The van der Waals surface area contributed by atoms with Crippen LogP contribution in [-0.4, -0.2) is 61.8 Å². The molecule has 0 saturated carbocycles. The first-order valence-corrected chi connectivity index (χ1v) is 9.32. The van der Waals surface area contributed by atoms with Crippen LogP contribution in [0.15, 0.2) is 28.7 Å². The van der Waals surface area contributed by atoms with Gasteiger partial charge in [-0.2, -0.15) is 0 Å². The molecule has 134 valence electrons. The molecule has 1 unspecified atom stereocenters. The summed E-state index contributed by atoms with van der Waals surface area (Å²) < 4.78 is 6.47. The fraction of sp³-hybridized carbons (Fsp3) is 0.611. The molecule has 0 aromatic heterocycles. The molecule has 0 spiro atoms. The number of hydrogen-bond donors (Lipinski definition) is 1. The molecule has 1 aromatic carbocycles. The summed E-state index contributed by atoms with van der Waals surface area (Å²) in [5.41, 5.74) is 1.12. The molecule has 2 rings (SSSR count). The quantitative estimate of drug-likeness (QED) is 0.802. The second-order valence-corrected chi connectivity index (χ2v) is 7.54. The molecule has 0 bridgehead atoms. The van der Waals surface area contributed by atoms with Gasteiger partial charge in [0.05, 0.1) is 13.2 Å². The lowest BCUT2D eigenvalue weighted by molar-refractivity contribution is 0.00697. The Hall–Kier alpha value is -1.11. The molecule has 1 aliphatic rings. The third-order valence-electron chi connectivity index (χ3n) is 4.43. The second kappa shape index (κ2) is 9.39. The molecule has 1 atom stereocenters. The van der Waals surface area contributed by atoms with E-state index in [1.807, 2.05) is 31.3 Å². The summed E-state index contributed by atoms with van der Waals surface area (Å²) in [5, 5.41) is 3.09. The fourth-order valence-corrected chi connectivity index (χ4v) is 3.22. The summed E-state index contributed by atoms with van der Waals surface area (Å²) in [6.45, 7) is 9.11. The van der Waals surface area contributed by atoms with Crippen LogP contribution in [0.25, 0.3) is 0 Å². The monoisotopic (exact) mass is 397 g/mol. The molecule has 1 heterocycles. The lowest BCUT2D eigenvalue weighted by atomic mass is 10.0. The minimum atomic E-state index is -0.0307. The maximum atomic E-state index is 12.4. The predicted molar refractivity (Wildman–Crippen MR) is 100 cm³/mol. The highest BCUT2D eigenvalue weighted by atomic mass is 79.9. The number of benzene rings is 1. The van der Waals surface area contributed by atoms with Gasteiger partial charge in [-0.15, -0.1) is 0 Å². The van der Waals surface area contributed by atoms with E-state index in [1.165, 1.54) is 0 Å². The lowest BCUT2D eigenvalue weighted by Gasteiger charge is -2.37. The van der Waals surface area contributed by atoms with Crippen molar-refractivity contribution in [2.24, 2.45) is 5.92 Å². The highest BCUT2D eigenvalue weighted by Crippen LogP contribution is 2.13. The summed E-state index contributed by atoms with van der Waals surface area (Å²) >= 11 is 3.43. The number of nitrogens with one attached hydrogen (secondary N) is 1. The number of carbonyl (C=O) groups excluding carboxylic acids is 1. The van der Waals surface area contributed by atoms with E-state index >= 15 is 0 Å². The minimum Gasteiger partial charge on any atom is -0.379 e. The van der Waals surface area contributed by atoms with E-state index in [2.05, 4.69) is 40.0 Å². The number of amides is 2. The second-order valence-electron chi connectivity index (χ2n) is 6.63. The topological polar surface area (TPSA) is 44.8 Å². The van der Waals surface area contributed by atoms with Crippen LogP contribution in [0.1, 0.15) is 19.4 Å². The zero-order valence-electron chi connectivity index (χ0n) is 14.8. The summed E-state index contributed by atoms with van der Waals surface area (Å²) in [4.78, 5) is 16.5. The largest absolute Gasteiger partial charge is 0.379 e. The Morgan fingerprint density at radius 1 is 1.29 bits per heavy atom. The maximum absolute atomic E-state index is 12.4. The molecule has 1 fully saturated rings. The molecular formula is C18H28BrN3O2. The summed E-state index contributed by atoms with van der Waals surface area (Å²) in [7, 11) is 1.83. The van der Waals surface area contributed by atoms with E-state index in [1.54, 1.807) is 4.90 Å². The number of carbonyl (C=O) groups is 1. The average Bonchev–Trinajstić information content (AvgIpc) is 2.57. The SMILES string of the molecule is CC(C)C(CNC(=O)N(C)Cc1ccc(Br)cc1)N1CCOCC1. The van der Waals surface area contributed by atoms with Crippen molar-refractivity contribution in [1.82, 2.24) is 15.1 Å². The predicted octanol–water partition coefficient (Wildman–Crippen LogP) is 2.95. The van der Waals surface area contributed by atoms with Crippen molar-refractivity contribution in [3.8, 4) is 0 Å². The lowest BCUT2D eigenvalue weighted by Crippen LogP contribution is -2.52. The van der Waals surface area contributed by atoms with Gasteiger partial charge in [-0.3, -0.25) is 4.90 Å². The molecule has 1 aliphatic heterocycles. The average molecular weight is 398 g/mol. The van der Waals surface area contributed by atoms with Crippen molar-refractivity contribution in [2.45, 2.75) is 26.4 Å². The Morgan fingerprint density at radius 2 is 1.92 bits per heavy atom. The Labute approximate surface area is 153 Å². The van der Waals surface area contributed by atoms with E-state index in [0.29, 0.717) is 25.0 Å². The third-order valence-corrected chi connectivity index (χ3v) is 4.96. The van der Waals surface area contributed by atoms with Gasteiger partial charge in [0, 0.05) is 43.7 Å². The highest BCUT2D eigenvalue weighted by Gasteiger charge is 2.24. The van der Waals surface area contributed by atoms with Gasteiger partial charge in [-0.1, -0.05) is 41.9 Å². The molecule has 1 N–H and O–H groups in total. The molecule has 0 radical (unpaired) electrons. The van der Waals surface area contributed by atoms with Crippen LogP contribution in [0.2, 0.25) is 0 Å². The first-order valence-electron chi connectivity index (χ1n) is 8.52. The van der Waals surface area contributed by atoms with Crippen molar-refractivity contribution < 1.29 is 9.53 Å². The van der Waals surface area contributed by atoms with Gasteiger partial charge in [0.15, 0.2) is 0 Å². The van der Waals surface area contributed by atoms with Crippen LogP contribution < -0.4 is 5.32 Å². The minimum absolute atomic E-state index is 0.0307. The van der Waals surface area contributed by atoms with E-state index in [4.69, 9.17) is 4.74 Å². The highest BCUT2D eigenvalue weighted by molar-refractivity contribution is 9.10. The van der Waals surface area contributed by atoms with Gasteiger partial charge in [0.1, 0.15) is 0 Å². The molecule has 6 heteroatoms. The van der Waals surface area contributed by atoms with Gasteiger partial charge in [0.25, 0.3) is 0 Å². The van der Waals surface area contributed by atoms with E-state index < -0.39 is 0 Å². The molecular weight excluding hydrogens is 370 g/mol. The third kappa shape index (κ3) is 5.76. The molecule has 0 aliphatic carbocycles. The molecule has 1 saturated heterocycles. The Kier molecular flexibility index (Phi) is 7.52. The fourth-order valence-electron chi connectivity index (χ4n) is 2.96. The van der Waals surface area contributed by atoms with Crippen LogP contribution in [-0.2, 0) is 11.3 Å². The summed E-state index contributed by atoms with van der Waals surface area (Å²) in [5.74, 6) is 0.486. The first-order chi connectivity index (χ1) is 11.5. The Bertz CT molecular complexity index is 516. The smallest absolute Gasteiger partial charge is 0.317 e. The van der Waals surface area contributed by atoms with Gasteiger partial charge >= 0.3 is 6.03 Å². The number of halogens is 1. The van der Waals surface area contributed by atoms with E-state index in [-0.39, 0.29) is 6.03 Å². The summed E-state index contributed by atoms with van der Waals surface area (Å²) in [6, 6.07) is 8.36. The van der Waals surface area contributed by atoms with Gasteiger partial charge < -0.3 is 15.0 Å². The standard InChI is InChI=1S/C18H28BrN3O2/c1-14(2)17(22-8-10-24-11-9-22)12-20-18(23)21(3)13-15-4-6-16(19)7-5-15/h4-7,14,17H,8-13H2,1-3H3,(H,20,23). The van der Waals surface area contributed by atoms with Crippen molar-refractivity contribution >= 4 is 22.0 Å². The number of rotatable bonds is 6. The Morgan fingerprint density at radius 3 is 2.50 bits per heavy atom. The molecule has 1 aromatic rings. The van der Waals surface area contributed by atoms with Gasteiger partial charge in [0.2, 0.25) is 0 Å². The van der Waals surface area contributed by atoms with Gasteiger partial charge in [-0.05, 0) is 23.6 Å². The maximum Gasteiger partial charge on any atom is 0.317 e. The summed E-state index contributed by atoms with van der Waals surface area (Å²) in [6.07, 6.45) is 0. The molecule has 24 heavy (non-hydrogen) atoms. The van der Waals surface area contributed by atoms with Crippen LogP contribution in [0, 0.1) is 5.92 Å². The molecule has 2 amide bonds. The zero-order chi connectivity index (χ0) is 17.5. The van der Waals surface area contributed by atoms with E-state index in [9.17, 15) is 4.79 Å². The molecule has 5 nitrogen and oxygen atoms in total. The first kappa shape index (κ1) is 19.2. The number of ether oxygens (including phenoxy) is 1. The van der Waals surface area contributed by atoms with Gasteiger partial charge in [-0.25, -0.2) is 4.79 Å². The van der Waals surface area contributed by atoms with Crippen molar-refractivity contribution in [3.05, 3.63) is 34.3 Å².